The molecule has 95 heavy (non-hydrogen) atoms. The smallest absolute Gasteiger partial charge is 0.316 e. The maximum atomic E-state index is 14.5. The number of fused-ring (bicyclic) bond motifs is 6. The van der Waals surface area contributed by atoms with Gasteiger partial charge in [-0.3, -0.25) is 13.2 Å². The molecule has 13 aromatic rings. The first-order valence-electron chi connectivity index (χ1n) is 31.2. The van der Waals surface area contributed by atoms with Crippen molar-refractivity contribution < 1.29 is 32.1 Å². The SMILES string of the molecule is CCCOc1ncc(-c2cnc(NCc3c(F)ccc4c3CCO4)n3cc(C)nc23)cn1.Cc1ccc(-c2cnc(NCc3c(F)ccc4c3CCO4)n3cc(C)nc23)c(C)c1.Cc1cn2c(NCc3c(F)ccc4c3CCO4)ncc(-c3ccc(-c4nn[nH]n4)cc3)c2n1. The molecule has 5 aromatic carbocycles. The quantitative estimate of drug-likeness (QED) is 0.0702. The van der Waals surface area contributed by atoms with Crippen molar-refractivity contribution in [2.75, 3.05) is 42.4 Å². The topological polar surface area (TPSA) is 244 Å². The lowest BCUT2D eigenvalue weighted by Gasteiger charge is -2.14. The van der Waals surface area contributed by atoms with Gasteiger partial charge in [0.05, 0.1) is 43.5 Å². The van der Waals surface area contributed by atoms with Gasteiger partial charge in [-0.1, -0.05) is 55.0 Å². The average Bonchev–Trinajstić information content (AvgIpc) is 1.73. The molecule has 0 fully saturated rings. The van der Waals surface area contributed by atoms with Gasteiger partial charge in [-0.15, -0.1) is 10.2 Å². The number of hydrogen-bond acceptors (Lipinski definition) is 18. The lowest BCUT2D eigenvalue weighted by molar-refractivity contribution is 0.292. The van der Waals surface area contributed by atoms with Gasteiger partial charge < -0.3 is 34.9 Å². The van der Waals surface area contributed by atoms with E-state index in [-0.39, 0.29) is 17.5 Å². The van der Waals surface area contributed by atoms with E-state index in [0.29, 0.717) is 111 Å². The Morgan fingerprint density at radius 2 is 0.937 bits per heavy atom. The van der Waals surface area contributed by atoms with Crippen LogP contribution in [0.2, 0.25) is 0 Å². The molecule has 0 atom stereocenters. The number of tetrazole rings is 1. The zero-order chi connectivity index (χ0) is 65.3. The molecule has 0 unspecified atom stereocenters. The molecular formula is C70H65F3N18O4. The summed E-state index contributed by atoms with van der Waals surface area (Å²) < 4.78 is 71.4. The Balaban J connectivity index is 0.000000123. The molecule has 11 heterocycles. The van der Waals surface area contributed by atoms with Crippen LogP contribution in [-0.2, 0) is 38.9 Å². The summed E-state index contributed by atoms with van der Waals surface area (Å²) in [6.07, 6.45) is 17.5. The molecule has 25 heteroatoms. The number of hydrogen-bond donors (Lipinski definition) is 4. The first-order valence-corrected chi connectivity index (χ1v) is 31.2. The van der Waals surface area contributed by atoms with Gasteiger partial charge in [0.1, 0.15) is 51.6 Å². The molecule has 0 amide bonds. The van der Waals surface area contributed by atoms with E-state index in [1.807, 2.05) is 89.9 Å². The van der Waals surface area contributed by atoms with E-state index >= 15 is 0 Å². The molecule has 4 N–H and O–H groups in total. The summed E-state index contributed by atoms with van der Waals surface area (Å²) in [4.78, 5) is 36.5. The number of imidazole rings is 3. The molecule has 480 valence electrons. The number of nitrogens with zero attached hydrogens (tertiary/aromatic N) is 14. The molecule has 0 saturated carbocycles. The maximum Gasteiger partial charge on any atom is 0.316 e. The summed E-state index contributed by atoms with van der Waals surface area (Å²) in [6.45, 7) is 15.3. The van der Waals surface area contributed by atoms with Gasteiger partial charge in [0, 0.05) is 150 Å². The van der Waals surface area contributed by atoms with E-state index in [2.05, 4.69) is 98.5 Å². The van der Waals surface area contributed by atoms with Crippen LogP contribution in [0.4, 0.5) is 31.0 Å². The van der Waals surface area contributed by atoms with Crippen LogP contribution in [0.25, 0.3) is 61.7 Å². The third kappa shape index (κ3) is 12.4. The van der Waals surface area contributed by atoms with Crippen molar-refractivity contribution in [2.45, 2.75) is 86.9 Å². The number of aromatic nitrogens is 15. The molecule has 3 aliphatic heterocycles. The molecule has 3 aliphatic rings. The number of aromatic amines is 1. The Morgan fingerprint density at radius 3 is 1.38 bits per heavy atom. The van der Waals surface area contributed by atoms with E-state index in [4.69, 9.17) is 28.9 Å². The third-order valence-corrected chi connectivity index (χ3v) is 16.8. The highest BCUT2D eigenvalue weighted by molar-refractivity contribution is 5.82. The van der Waals surface area contributed by atoms with Crippen molar-refractivity contribution in [2.24, 2.45) is 0 Å². The van der Waals surface area contributed by atoms with Crippen molar-refractivity contribution in [3.8, 4) is 68.0 Å². The van der Waals surface area contributed by atoms with Crippen LogP contribution in [0.15, 0.2) is 128 Å². The fourth-order valence-electron chi connectivity index (χ4n) is 12.2. The van der Waals surface area contributed by atoms with E-state index in [9.17, 15) is 13.2 Å². The highest BCUT2D eigenvalue weighted by Crippen LogP contribution is 2.36. The van der Waals surface area contributed by atoms with Gasteiger partial charge in [0.15, 0.2) is 0 Å². The molecule has 0 radical (unpaired) electrons. The number of aryl methyl sites for hydroxylation is 5. The number of ether oxygens (including phenoxy) is 4. The predicted molar refractivity (Wildman–Crippen MR) is 352 cm³/mol. The van der Waals surface area contributed by atoms with Crippen LogP contribution in [0, 0.1) is 52.1 Å². The second-order valence-corrected chi connectivity index (χ2v) is 23.3. The monoisotopic (exact) mass is 1280 g/mol. The van der Waals surface area contributed by atoms with Crippen molar-refractivity contribution >= 4 is 34.8 Å². The summed E-state index contributed by atoms with van der Waals surface area (Å²) in [5, 5.41) is 23.9. The third-order valence-electron chi connectivity index (χ3n) is 16.8. The molecule has 8 aromatic heterocycles. The molecule has 0 aliphatic carbocycles. The van der Waals surface area contributed by atoms with Crippen molar-refractivity contribution in [3.05, 3.63) is 207 Å². The van der Waals surface area contributed by atoms with Crippen molar-refractivity contribution in [1.82, 2.24) is 73.7 Å². The Bertz CT molecular complexity index is 5000. The minimum Gasteiger partial charge on any atom is -0.493 e. The first kappa shape index (κ1) is 61.0. The molecule has 16 rings (SSSR count). The summed E-state index contributed by atoms with van der Waals surface area (Å²) >= 11 is 0. The van der Waals surface area contributed by atoms with Gasteiger partial charge in [-0.25, -0.2) is 53.0 Å². The van der Waals surface area contributed by atoms with Crippen LogP contribution in [0.3, 0.4) is 0 Å². The van der Waals surface area contributed by atoms with Crippen LogP contribution in [0.5, 0.6) is 23.3 Å². The summed E-state index contributed by atoms with van der Waals surface area (Å²) in [6, 6.07) is 24.0. The Labute approximate surface area is 543 Å². The number of rotatable bonds is 16. The minimum absolute atomic E-state index is 0.225. The van der Waals surface area contributed by atoms with Crippen LogP contribution in [0.1, 0.15) is 74.9 Å². The number of anilines is 3. The fraction of sp³-hybridized carbons (Fsp3) is 0.243. The molecule has 0 saturated heterocycles. The Morgan fingerprint density at radius 1 is 0.495 bits per heavy atom. The predicted octanol–water partition coefficient (Wildman–Crippen LogP) is 12.5. The van der Waals surface area contributed by atoms with E-state index in [1.54, 1.807) is 43.0 Å². The second kappa shape index (κ2) is 26.2. The van der Waals surface area contributed by atoms with Crippen LogP contribution < -0.4 is 34.9 Å². The average molecular weight is 1280 g/mol. The molecule has 0 bridgehead atoms. The first-order chi connectivity index (χ1) is 46.3. The number of H-pyrrole nitrogens is 1. The van der Waals surface area contributed by atoms with Crippen LogP contribution in [-0.4, -0.2) is 100 Å². The molecule has 0 spiro atoms. The summed E-state index contributed by atoms with van der Waals surface area (Å²) in [5.41, 5.74) is 18.3. The van der Waals surface area contributed by atoms with Gasteiger partial charge in [-0.05, 0) is 99.3 Å². The lowest BCUT2D eigenvalue weighted by Crippen LogP contribution is -2.09. The maximum absolute atomic E-state index is 14.5. The van der Waals surface area contributed by atoms with Crippen molar-refractivity contribution in [3.63, 3.8) is 0 Å². The number of benzene rings is 5. The molecule has 22 nitrogen and oxygen atoms in total. The lowest BCUT2D eigenvalue weighted by atomic mass is 10.0. The highest BCUT2D eigenvalue weighted by atomic mass is 19.1. The summed E-state index contributed by atoms with van der Waals surface area (Å²) in [7, 11) is 0. The highest BCUT2D eigenvalue weighted by Gasteiger charge is 2.25. The standard InChI is InChI=1S/C24H23FN4O.C23H19FN8O.C23H23FN6O2/c1-14-4-5-17(15(2)10-14)20-12-27-24(29-13-16(3)28-23(20)29)26-11-19-18-8-9-30-22(18)7-6-21(19)25;1-13-12-32-22(27-13)17(14-2-4-15(5-3-14)21-28-30-31-29-21)10-25-23(32)26-11-18-16-8-9-33-20(16)7-6-19(18)24;1-3-7-32-23-27-9-15(10-28-23)17-11-25-22(30-13-14(2)29-21(17)30)26-12-18-16-6-8-31-20(16)5-4-19(18)24/h4-7,10,12-13H,8-9,11H2,1-3H3,(H,26,27);2-7,10,12H,8-9,11H2,1H3,(H,25,26)(H,28,29,30,31);4-5,9-11,13H,3,6-8,12H2,1-2H3,(H,25,26). The van der Waals surface area contributed by atoms with Crippen LogP contribution >= 0.6 is 0 Å². The van der Waals surface area contributed by atoms with Gasteiger partial charge >= 0.3 is 6.01 Å². The van der Waals surface area contributed by atoms with E-state index < -0.39 is 0 Å². The zero-order valence-corrected chi connectivity index (χ0v) is 52.9. The van der Waals surface area contributed by atoms with E-state index in [0.717, 1.165) is 114 Å². The Kier molecular flexibility index (Phi) is 16.9. The molecular weight excluding hydrogens is 1210 g/mol. The second-order valence-electron chi connectivity index (χ2n) is 23.3. The minimum atomic E-state index is -0.251. The normalized spacial score (nSPS) is 12.7. The van der Waals surface area contributed by atoms with Gasteiger partial charge in [0.2, 0.25) is 23.7 Å². The number of halogens is 3. The van der Waals surface area contributed by atoms with E-state index in [1.165, 1.54) is 29.3 Å². The Hall–Kier alpha value is -11.5. The van der Waals surface area contributed by atoms with Crippen molar-refractivity contribution in [1.29, 1.82) is 0 Å². The zero-order valence-electron chi connectivity index (χ0n) is 52.9. The fourth-order valence-corrected chi connectivity index (χ4v) is 12.2. The van der Waals surface area contributed by atoms with Gasteiger partial charge in [0.25, 0.3) is 0 Å². The number of nitrogens with one attached hydrogen (secondary N) is 4. The van der Waals surface area contributed by atoms with Gasteiger partial charge in [-0.2, -0.15) is 5.21 Å². The summed E-state index contributed by atoms with van der Waals surface area (Å²) in [5.74, 6) is 3.89. The largest absolute Gasteiger partial charge is 0.493 e.